The lowest BCUT2D eigenvalue weighted by Gasteiger charge is -2.07. The van der Waals surface area contributed by atoms with Crippen LogP contribution >= 0.6 is 0 Å². The molecule has 0 saturated heterocycles. The van der Waals surface area contributed by atoms with Crippen molar-refractivity contribution in [2.45, 2.75) is 19.4 Å². The molecule has 1 aliphatic rings. The van der Waals surface area contributed by atoms with Crippen LogP contribution in [0.15, 0.2) is 36.5 Å². The normalized spacial score (nSPS) is 13.3. The molecule has 0 unspecified atom stereocenters. The zero-order valence-electron chi connectivity index (χ0n) is 14.4. The Morgan fingerprint density at radius 1 is 1.35 bits per heavy atom. The number of imidazole rings is 2. The van der Waals surface area contributed by atoms with Crippen LogP contribution in [0.1, 0.15) is 23.8 Å². The number of aromatic nitrogens is 4. The lowest BCUT2D eigenvalue weighted by molar-refractivity contribution is 0.628. The Hall–Kier alpha value is -3.22. The van der Waals surface area contributed by atoms with Crippen molar-refractivity contribution in [3.63, 3.8) is 0 Å². The van der Waals surface area contributed by atoms with Crippen LogP contribution in [0.25, 0.3) is 17.3 Å². The smallest absolute Gasteiger partial charge is 0.131 e. The molecule has 0 radical (unpaired) electrons. The molecule has 0 amide bonds. The fourth-order valence-corrected chi connectivity index (χ4v) is 3.20. The summed E-state index contributed by atoms with van der Waals surface area (Å²) in [6.45, 7) is 0.847. The highest BCUT2D eigenvalue weighted by atomic mass is 19.1. The third-order valence-electron chi connectivity index (χ3n) is 4.47. The van der Waals surface area contributed by atoms with Gasteiger partial charge < -0.3 is 14.9 Å². The van der Waals surface area contributed by atoms with Gasteiger partial charge in [0, 0.05) is 25.6 Å². The summed E-state index contributed by atoms with van der Waals surface area (Å²) >= 11 is 0. The van der Waals surface area contributed by atoms with E-state index in [-0.39, 0.29) is 5.82 Å². The Balaban J connectivity index is 1.70. The van der Waals surface area contributed by atoms with Crippen LogP contribution in [0.3, 0.4) is 0 Å². The summed E-state index contributed by atoms with van der Waals surface area (Å²) in [6, 6.07) is 6.26. The van der Waals surface area contributed by atoms with E-state index < -0.39 is 0 Å². The van der Waals surface area contributed by atoms with Crippen molar-refractivity contribution in [3.8, 4) is 11.3 Å². The molecule has 1 aliphatic heterocycles. The van der Waals surface area contributed by atoms with Gasteiger partial charge in [0.2, 0.25) is 0 Å². The molecule has 7 heteroatoms. The van der Waals surface area contributed by atoms with Crippen LogP contribution in [0.2, 0.25) is 0 Å². The number of anilines is 1. The molecule has 0 bridgehead atoms. The van der Waals surface area contributed by atoms with Crippen LogP contribution < -0.4 is 5.32 Å². The second-order valence-electron chi connectivity index (χ2n) is 6.17. The SMILES string of the molecule is CNc1cnc(/C=C\C(=N)c2c(-c3ccc(F)cc3)nc3n2CCC3)[nH]1. The largest absolute Gasteiger partial charge is 0.373 e. The molecule has 0 atom stereocenters. The zero-order valence-corrected chi connectivity index (χ0v) is 14.4. The van der Waals surface area contributed by atoms with Gasteiger partial charge in [-0.15, -0.1) is 0 Å². The summed E-state index contributed by atoms with van der Waals surface area (Å²) in [6.07, 6.45) is 7.11. The minimum atomic E-state index is -0.282. The van der Waals surface area contributed by atoms with Crippen LogP contribution in [0.5, 0.6) is 0 Å². The van der Waals surface area contributed by atoms with Crippen molar-refractivity contribution in [3.05, 3.63) is 59.7 Å². The first-order valence-electron chi connectivity index (χ1n) is 8.51. The van der Waals surface area contributed by atoms with E-state index in [4.69, 9.17) is 10.4 Å². The number of aromatic amines is 1. The Morgan fingerprint density at radius 3 is 2.88 bits per heavy atom. The van der Waals surface area contributed by atoms with Crippen LogP contribution in [0, 0.1) is 11.2 Å². The predicted octanol–water partition coefficient (Wildman–Crippen LogP) is 3.48. The van der Waals surface area contributed by atoms with Gasteiger partial charge in [0.15, 0.2) is 0 Å². The molecule has 0 aliphatic carbocycles. The standard InChI is InChI=1S/C19H19FN6/c1-22-16-11-23-15(24-16)9-8-14(21)19-18(12-4-6-13(20)7-5-12)25-17-3-2-10-26(17)19/h4-9,11,21-22H,2-3,10H2,1H3,(H,23,24)/b9-8-,21-14?. The first-order chi connectivity index (χ1) is 12.7. The molecule has 4 rings (SSSR count). The van der Waals surface area contributed by atoms with Gasteiger partial charge in [0.05, 0.1) is 23.3 Å². The van der Waals surface area contributed by atoms with E-state index in [9.17, 15) is 4.39 Å². The molecule has 132 valence electrons. The highest BCUT2D eigenvalue weighted by Crippen LogP contribution is 2.29. The lowest BCUT2D eigenvalue weighted by Crippen LogP contribution is -2.07. The third-order valence-corrected chi connectivity index (χ3v) is 4.47. The molecular weight excluding hydrogens is 331 g/mol. The summed E-state index contributed by atoms with van der Waals surface area (Å²) in [7, 11) is 1.81. The molecule has 0 saturated carbocycles. The number of nitrogens with zero attached hydrogens (tertiary/aromatic N) is 3. The number of H-pyrrole nitrogens is 1. The number of hydrogen-bond acceptors (Lipinski definition) is 4. The fourth-order valence-electron chi connectivity index (χ4n) is 3.20. The number of rotatable bonds is 5. The van der Waals surface area contributed by atoms with Crippen LogP contribution in [-0.4, -0.2) is 32.3 Å². The van der Waals surface area contributed by atoms with Crippen molar-refractivity contribution in [1.29, 1.82) is 5.41 Å². The van der Waals surface area contributed by atoms with Crippen molar-refractivity contribution < 1.29 is 4.39 Å². The van der Waals surface area contributed by atoms with E-state index in [2.05, 4.69) is 19.9 Å². The summed E-state index contributed by atoms with van der Waals surface area (Å²) in [5.74, 6) is 2.18. The molecule has 0 fully saturated rings. The van der Waals surface area contributed by atoms with Crippen molar-refractivity contribution in [2.75, 3.05) is 12.4 Å². The molecule has 1 aromatic carbocycles. The third kappa shape index (κ3) is 2.92. The minimum Gasteiger partial charge on any atom is -0.373 e. The molecule has 26 heavy (non-hydrogen) atoms. The van der Waals surface area contributed by atoms with Gasteiger partial charge in [0.1, 0.15) is 23.3 Å². The number of hydrogen-bond donors (Lipinski definition) is 3. The average Bonchev–Trinajstić information content (AvgIpc) is 3.35. The summed E-state index contributed by atoms with van der Waals surface area (Å²) in [5.41, 5.74) is 2.66. The Labute approximate surface area is 150 Å². The number of nitrogens with one attached hydrogen (secondary N) is 3. The number of halogens is 1. The van der Waals surface area contributed by atoms with E-state index in [1.807, 2.05) is 7.05 Å². The van der Waals surface area contributed by atoms with Crippen molar-refractivity contribution in [1.82, 2.24) is 19.5 Å². The zero-order chi connectivity index (χ0) is 18.1. The summed E-state index contributed by atoms with van der Waals surface area (Å²) < 4.78 is 15.4. The Morgan fingerprint density at radius 2 is 2.15 bits per heavy atom. The fraction of sp³-hybridized carbons (Fsp3) is 0.211. The maximum atomic E-state index is 13.3. The monoisotopic (exact) mass is 350 g/mol. The Bertz CT molecular complexity index is 980. The van der Waals surface area contributed by atoms with Crippen LogP contribution in [-0.2, 0) is 13.0 Å². The topological polar surface area (TPSA) is 82.4 Å². The van der Waals surface area contributed by atoms with Gasteiger partial charge in [-0.2, -0.15) is 0 Å². The molecule has 3 aromatic rings. The highest BCUT2D eigenvalue weighted by molar-refractivity contribution is 6.11. The second kappa shape index (κ2) is 6.59. The van der Waals surface area contributed by atoms with Gasteiger partial charge >= 0.3 is 0 Å². The van der Waals surface area contributed by atoms with Gasteiger partial charge in [-0.05, 0) is 42.8 Å². The number of fused-ring (bicyclic) bond motifs is 1. The molecule has 6 nitrogen and oxygen atoms in total. The first-order valence-corrected chi connectivity index (χ1v) is 8.51. The quantitative estimate of drug-likeness (QED) is 0.616. The van der Waals surface area contributed by atoms with Crippen LogP contribution in [0.4, 0.5) is 10.2 Å². The number of allylic oxidation sites excluding steroid dienone is 1. The molecular formula is C19H19FN6. The van der Waals surface area contributed by atoms with E-state index in [1.165, 1.54) is 12.1 Å². The van der Waals surface area contributed by atoms with E-state index in [1.54, 1.807) is 30.5 Å². The average molecular weight is 350 g/mol. The number of aryl methyl sites for hydroxylation is 1. The first kappa shape index (κ1) is 16.3. The maximum Gasteiger partial charge on any atom is 0.131 e. The Kier molecular flexibility index (Phi) is 4.12. The second-order valence-corrected chi connectivity index (χ2v) is 6.17. The van der Waals surface area contributed by atoms with Gasteiger partial charge in [0.25, 0.3) is 0 Å². The predicted molar refractivity (Wildman–Crippen MR) is 99.9 cm³/mol. The molecule has 3 N–H and O–H groups in total. The molecule has 0 spiro atoms. The van der Waals surface area contributed by atoms with Gasteiger partial charge in [-0.3, -0.25) is 5.41 Å². The molecule has 2 aromatic heterocycles. The van der Waals surface area contributed by atoms with Gasteiger partial charge in [-0.25, -0.2) is 14.4 Å². The van der Waals surface area contributed by atoms with Gasteiger partial charge in [-0.1, -0.05) is 0 Å². The summed E-state index contributed by atoms with van der Waals surface area (Å²) in [4.78, 5) is 12.1. The minimum absolute atomic E-state index is 0.282. The maximum absolute atomic E-state index is 13.3. The van der Waals surface area contributed by atoms with E-state index >= 15 is 0 Å². The number of benzene rings is 1. The highest BCUT2D eigenvalue weighted by Gasteiger charge is 2.23. The van der Waals surface area contributed by atoms with E-state index in [0.29, 0.717) is 11.5 Å². The van der Waals surface area contributed by atoms with Crippen molar-refractivity contribution in [2.24, 2.45) is 0 Å². The lowest BCUT2D eigenvalue weighted by atomic mass is 10.1. The molecule has 3 heterocycles. The van der Waals surface area contributed by atoms with E-state index in [0.717, 1.165) is 48.0 Å². The summed E-state index contributed by atoms with van der Waals surface area (Å²) in [5, 5.41) is 11.6. The van der Waals surface area contributed by atoms with Crippen molar-refractivity contribution >= 4 is 17.6 Å².